The molecule has 0 saturated heterocycles. The van der Waals surface area contributed by atoms with E-state index in [9.17, 15) is 0 Å². The van der Waals surface area contributed by atoms with Crippen molar-refractivity contribution in [2.45, 2.75) is 20.8 Å². The second-order valence-corrected chi connectivity index (χ2v) is 22.0. The lowest BCUT2D eigenvalue weighted by Gasteiger charge is -2.25. The zero-order chi connectivity index (χ0) is 48.0. The maximum atomic E-state index is 5.10. The molecule has 0 radical (unpaired) electrons. The van der Waals surface area contributed by atoms with E-state index in [1.54, 1.807) is 34.0 Å². The number of rotatable bonds is 7. The Balaban J connectivity index is 1.07. The molecule has 0 unspecified atom stereocenters. The van der Waals surface area contributed by atoms with Gasteiger partial charge in [-0.2, -0.15) is 0 Å². The van der Waals surface area contributed by atoms with Gasteiger partial charge in [-0.1, -0.05) is 170 Å². The highest BCUT2D eigenvalue weighted by Crippen LogP contribution is 2.54. The monoisotopic (exact) mass is 973 g/mol. The Morgan fingerprint density at radius 2 is 0.528 bits per heavy atom. The number of aromatic nitrogens is 3. The van der Waals surface area contributed by atoms with E-state index >= 15 is 0 Å². The molecule has 3 aromatic heterocycles. The summed E-state index contributed by atoms with van der Waals surface area (Å²) in [5.41, 5.74) is 19.7. The second-order valence-electron chi connectivity index (χ2n) is 18.9. The topological polar surface area (TPSA) is 38.7 Å². The lowest BCUT2D eigenvalue weighted by molar-refractivity contribution is 1.45. The van der Waals surface area contributed by atoms with Crippen molar-refractivity contribution in [2.75, 3.05) is 0 Å². The Morgan fingerprint density at radius 3 is 0.833 bits per heavy atom. The number of hydrogen-bond donors (Lipinski definition) is 0. The van der Waals surface area contributed by atoms with Gasteiger partial charge in [0.2, 0.25) is 0 Å². The van der Waals surface area contributed by atoms with Crippen LogP contribution in [0, 0.1) is 20.8 Å². The predicted molar refractivity (Wildman–Crippen MR) is 311 cm³/mol. The van der Waals surface area contributed by atoms with Crippen molar-refractivity contribution in [1.82, 2.24) is 15.0 Å². The Hall–Kier alpha value is -8.13. The van der Waals surface area contributed by atoms with Gasteiger partial charge in [-0.15, -0.1) is 34.0 Å². The molecular formula is C66H43N3S3. The zero-order valence-corrected chi connectivity index (χ0v) is 42.1. The first-order chi connectivity index (χ1) is 35.4. The largest absolute Gasteiger partial charge is 0.236 e. The predicted octanol–water partition coefficient (Wildman–Crippen LogP) is 19.6. The van der Waals surface area contributed by atoms with Gasteiger partial charge in [-0.3, -0.25) is 0 Å². The van der Waals surface area contributed by atoms with Gasteiger partial charge in [-0.05, 0) is 151 Å². The standard InChI is InChI=1S/C66H43N3S3/c1-38-17-32-52-55(35-38)70-64(67-52)45-26-20-42(21-27-45)59-50-15-9-10-16-51(50)61(44-24-30-47(31-25-44)66-69-54-34-19-40(3)37-57(54)72-66)63-60(49-14-8-7-13-48(49)58(62(59)63)41-11-5-4-6-12-41)43-22-28-46(29-23-43)65-68-53-33-18-39(2)36-56(53)71-65/h4-37H,1-3H3. The Morgan fingerprint density at radius 1 is 0.264 bits per heavy atom. The fourth-order valence-electron chi connectivity index (χ4n) is 10.7. The summed E-state index contributed by atoms with van der Waals surface area (Å²) in [7, 11) is 0. The van der Waals surface area contributed by atoms with Crippen LogP contribution in [0.3, 0.4) is 0 Å². The third-order valence-corrected chi connectivity index (χ3v) is 17.3. The average Bonchev–Trinajstić information content (AvgIpc) is 4.17. The summed E-state index contributed by atoms with van der Waals surface area (Å²) < 4.78 is 3.62. The average molecular weight is 974 g/mol. The van der Waals surface area contributed by atoms with Crippen LogP contribution in [-0.2, 0) is 0 Å². The molecule has 0 N–H and O–H groups in total. The molecule has 0 saturated carbocycles. The molecule has 0 fully saturated rings. The lowest BCUT2D eigenvalue weighted by atomic mass is 9.77. The van der Waals surface area contributed by atoms with Gasteiger partial charge < -0.3 is 0 Å². The van der Waals surface area contributed by atoms with E-state index in [1.165, 1.54) is 90.9 Å². The Kier molecular flexibility index (Phi) is 10.1. The SMILES string of the molecule is Cc1ccc2nc(-c3ccc(-c4c5ccccc5c(-c5ccc(-c6nc7ccc(C)cc7s6)cc5)c5c(-c6ccc(-c7nc8ccc(C)cc8s7)cc6)c6ccccc6c(-c6ccccc6)c45)cc3)sc2c1. The number of fused-ring (bicyclic) bond motifs is 6. The summed E-state index contributed by atoms with van der Waals surface area (Å²) in [4.78, 5) is 15.3. The van der Waals surface area contributed by atoms with Crippen molar-refractivity contribution in [2.24, 2.45) is 0 Å². The van der Waals surface area contributed by atoms with Crippen LogP contribution >= 0.6 is 34.0 Å². The van der Waals surface area contributed by atoms with Crippen molar-refractivity contribution in [3.63, 3.8) is 0 Å². The van der Waals surface area contributed by atoms with Gasteiger partial charge in [0.25, 0.3) is 0 Å². The summed E-state index contributed by atoms with van der Waals surface area (Å²) in [5, 5.41) is 10.3. The van der Waals surface area contributed by atoms with Crippen LogP contribution in [0.4, 0.5) is 0 Å². The molecule has 0 spiro atoms. The fourth-order valence-corrected chi connectivity index (χ4v) is 13.9. The minimum absolute atomic E-state index is 1.03. The van der Waals surface area contributed by atoms with Crippen LogP contribution in [0.1, 0.15) is 16.7 Å². The number of aryl methyl sites for hydroxylation is 3. The van der Waals surface area contributed by atoms with Gasteiger partial charge in [0, 0.05) is 16.7 Å². The van der Waals surface area contributed by atoms with Gasteiger partial charge >= 0.3 is 0 Å². The van der Waals surface area contributed by atoms with Crippen LogP contribution in [-0.4, -0.2) is 15.0 Å². The number of thiazole rings is 3. The van der Waals surface area contributed by atoms with E-state index in [-0.39, 0.29) is 0 Å². The minimum atomic E-state index is 1.03. The van der Waals surface area contributed by atoms with Crippen LogP contribution in [0.25, 0.3) is 139 Å². The number of benzene rings is 11. The van der Waals surface area contributed by atoms with Gasteiger partial charge in [-0.25, -0.2) is 15.0 Å². The third kappa shape index (κ3) is 7.16. The van der Waals surface area contributed by atoms with Crippen molar-refractivity contribution in [3.8, 4) is 76.2 Å². The quantitative estimate of drug-likeness (QED) is 0.149. The third-order valence-electron chi connectivity index (χ3n) is 14.1. The summed E-state index contributed by atoms with van der Waals surface area (Å²) in [6, 6.07) is 76.2. The van der Waals surface area contributed by atoms with E-state index in [2.05, 4.69) is 227 Å². The normalized spacial score (nSPS) is 11.8. The molecule has 14 aromatic rings. The molecular weight excluding hydrogens is 931 g/mol. The van der Waals surface area contributed by atoms with Crippen LogP contribution in [0.15, 0.2) is 206 Å². The fraction of sp³-hybridized carbons (Fsp3) is 0.0455. The van der Waals surface area contributed by atoms with Crippen LogP contribution in [0.5, 0.6) is 0 Å². The molecule has 0 amide bonds. The first kappa shape index (κ1) is 42.7. The molecule has 6 heteroatoms. The van der Waals surface area contributed by atoms with Crippen LogP contribution < -0.4 is 0 Å². The van der Waals surface area contributed by atoms with E-state index in [4.69, 9.17) is 15.0 Å². The minimum Gasteiger partial charge on any atom is -0.236 e. The number of nitrogens with zero attached hydrogens (tertiary/aromatic N) is 3. The van der Waals surface area contributed by atoms with E-state index in [0.717, 1.165) is 65.0 Å². The summed E-state index contributed by atoms with van der Waals surface area (Å²) >= 11 is 5.27. The molecule has 14 rings (SSSR count). The highest BCUT2D eigenvalue weighted by atomic mass is 32.1. The lowest BCUT2D eigenvalue weighted by Crippen LogP contribution is -1.98. The molecule has 3 heterocycles. The summed E-state index contributed by atoms with van der Waals surface area (Å²) in [5.74, 6) is 0. The Labute approximate surface area is 429 Å². The molecule has 0 atom stereocenters. The molecule has 72 heavy (non-hydrogen) atoms. The summed E-state index contributed by atoms with van der Waals surface area (Å²) in [6.07, 6.45) is 0. The van der Waals surface area contributed by atoms with Crippen molar-refractivity contribution >= 4 is 97.0 Å². The van der Waals surface area contributed by atoms with Gasteiger partial charge in [0.15, 0.2) is 0 Å². The maximum Gasteiger partial charge on any atom is 0.124 e. The maximum absolute atomic E-state index is 5.10. The van der Waals surface area contributed by atoms with Crippen molar-refractivity contribution in [3.05, 3.63) is 223 Å². The molecule has 0 aliphatic heterocycles. The smallest absolute Gasteiger partial charge is 0.124 e. The second kappa shape index (κ2) is 17.0. The molecule has 0 bridgehead atoms. The van der Waals surface area contributed by atoms with Gasteiger partial charge in [0.05, 0.1) is 30.6 Å². The molecule has 3 nitrogen and oxygen atoms in total. The first-order valence-corrected chi connectivity index (χ1v) is 26.8. The molecule has 340 valence electrons. The highest BCUT2D eigenvalue weighted by molar-refractivity contribution is 7.22. The van der Waals surface area contributed by atoms with Crippen LogP contribution in [0.2, 0.25) is 0 Å². The summed E-state index contributed by atoms with van der Waals surface area (Å²) in [6.45, 7) is 6.43. The van der Waals surface area contributed by atoms with E-state index in [1.807, 2.05) is 0 Å². The first-order valence-electron chi connectivity index (χ1n) is 24.3. The molecule has 11 aromatic carbocycles. The van der Waals surface area contributed by atoms with Crippen molar-refractivity contribution in [1.29, 1.82) is 0 Å². The van der Waals surface area contributed by atoms with Crippen molar-refractivity contribution < 1.29 is 0 Å². The van der Waals surface area contributed by atoms with E-state index < -0.39 is 0 Å². The van der Waals surface area contributed by atoms with Gasteiger partial charge in [0.1, 0.15) is 15.0 Å². The zero-order valence-electron chi connectivity index (χ0n) is 39.7. The number of hydrogen-bond acceptors (Lipinski definition) is 6. The molecule has 0 aliphatic carbocycles. The highest BCUT2D eigenvalue weighted by Gasteiger charge is 2.26. The molecule has 0 aliphatic rings. The van der Waals surface area contributed by atoms with E-state index in [0.29, 0.717) is 0 Å². The Bertz CT molecular complexity index is 4320.